The highest BCUT2D eigenvalue weighted by Crippen LogP contribution is 2.26. The van der Waals surface area contributed by atoms with Crippen molar-refractivity contribution in [3.63, 3.8) is 0 Å². The summed E-state index contributed by atoms with van der Waals surface area (Å²) in [5, 5.41) is 2.84. The molecule has 22 heavy (non-hydrogen) atoms. The SMILES string of the molecule is COc1ccc(C)cc1[C@@H](C)NC(=O)c1ccc(C)[nH]c1=O. The molecule has 2 aromatic rings. The van der Waals surface area contributed by atoms with Crippen molar-refractivity contribution in [3.05, 3.63) is 63.1 Å². The number of carbonyl (C=O) groups excluding carboxylic acids is 1. The Bertz CT molecular complexity index is 750. The topological polar surface area (TPSA) is 71.2 Å². The number of rotatable bonds is 4. The average molecular weight is 300 g/mol. The average Bonchev–Trinajstić information content (AvgIpc) is 2.46. The number of pyridine rings is 1. The number of hydrogen-bond donors (Lipinski definition) is 2. The third-order valence-electron chi connectivity index (χ3n) is 3.50. The molecule has 2 rings (SSSR count). The third-order valence-corrected chi connectivity index (χ3v) is 3.50. The number of H-pyrrole nitrogens is 1. The van der Waals surface area contributed by atoms with E-state index < -0.39 is 5.91 Å². The number of carbonyl (C=O) groups is 1. The first-order chi connectivity index (χ1) is 10.4. The number of aryl methyl sites for hydroxylation is 2. The number of benzene rings is 1. The molecule has 1 aromatic carbocycles. The largest absolute Gasteiger partial charge is 0.496 e. The van der Waals surface area contributed by atoms with Gasteiger partial charge in [-0.25, -0.2) is 0 Å². The minimum atomic E-state index is -0.405. The van der Waals surface area contributed by atoms with Gasteiger partial charge in [0.25, 0.3) is 11.5 Å². The predicted octanol–water partition coefficient (Wildman–Crippen LogP) is 2.49. The molecule has 1 amide bonds. The number of hydrogen-bond acceptors (Lipinski definition) is 3. The van der Waals surface area contributed by atoms with Gasteiger partial charge in [0.05, 0.1) is 13.2 Å². The molecule has 0 unspecified atom stereocenters. The highest BCUT2D eigenvalue weighted by molar-refractivity contribution is 5.94. The smallest absolute Gasteiger partial charge is 0.260 e. The fourth-order valence-electron chi connectivity index (χ4n) is 2.30. The lowest BCUT2D eigenvalue weighted by Gasteiger charge is -2.18. The Kier molecular flexibility index (Phi) is 4.65. The molecule has 0 bridgehead atoms. The molecule has 0 radical (unpaired) electrons. The first-order valence-corrected chi connectivity index (χ1v) is 7.07. The van der Waals surface area contributed by atoms with Crippen LogP contribution < -0.4 is 15.6 Å². The summed E-state index contributed by atoms with van der Waals surface area (Å²) in [5.41, 5.74) is 2.38. The summed E-state index contributed by atoms with van der Waals surface area (Å²) in [4.78, 5) is 26.7. The Hall–Kier alpha value is -2.56. The van der Waals surface area contributed by atoms with Crippen molar-refractivity contribution in [2.24, 2.45) is 0 Å². The molecule has 116 valence electrons. The van der Waals surface area contributed by atoms with Crippen molar-refractivity contribution in [2.75, 3.05) is 7.11 Å². The molecule has 1 heterocycles. The van der Waals surface area contributed by atoms with Crippen molar-refractivity contribution in [2.45, 2.75) is 26.8 Å². The predicted molar refractivity (Wildman–Crippen MR) is 85.4 cm³/mol. The molecule has 5 nitrogen and oxygen atoms in total. The quantitative estimate of drug-likeness (QED) is 0.911. The number of aromatic nitrogens is 1. The molecule has 0 fully saturated rings. The van der Waals surface area contributed by atoms with Crippen LogP contribution in [0.15, 0.2) is 35.1 Å². The van der Waals surface area contributed by atoms with E-state index in [4.69, 9.17) is 4.74 Å². The van der Waals surface area contributed by atoms with Gasteiger partial charge in [-0.05, 0) is 39.0 Å². The zero-order valence-electron chi connectivity index (χ0n) is 13.2. The molecule has 0 aliphatic carbocycles. The van der Waals surface area contributed by atoms with Crippen LogP contribution in [0.3, 0.4) is 0 Å². The molecule has 1 atom stereocenters. The highest BCUT2D eigenvalue weighted by atomic mass is 16.5. The number of aromatic amines is 1. The maximum absolute atomic E-state index is 12.3. The van der Waals surface area contributed by atoms with Crippen LogP contribution in [0.2, 0.25) is 0 Å². The second-order valence-electron chi connectivity index (χ2n) is 5.32. The molecule has 1 aromatic heterocycles. The van der Waals surface area contributed by atoms with Crippen LogP contribution in [0.1, 0.15) is 40.1 Å². The van der Waals surface area contributed by atoms with Crippen molar-refractivity contribution in [1.29, 1.82) is 0 Å². The summed E-state index contributed by atoms with van der Waals surface area (Å²) in [6, 6.07) is 8.73. The molecular formula is C17H20N2O3. The lowest BCUT2D eigenvalue weighted by atomic mass is 10.0. The van der Waals surface area contributed by atoms with Crippen LogP contribution >= 0.6 is 0 Å². The Morgan fingerprint density at radius 1 is 1.23 bits per heavy atom. The van der Waals surface area contributed by atoms with Crippen LogP contribution in [0.5, 0.6) is 5.75 Å². The molecule has 0 saturated carbocycles. The van der Waals surface area contributed by atoms with Crippen LogP contribution in [0.4, 0.5) is 0 Å². The fourth-order valence-corrected chi connectivity index (χ4v) is 2.30. The van der Waals surface area contributed by atoms with Crippen LogP contribution in [-0.2, 0) is 0 Å². The molecule has 5 heteroatoms. The van der Waals surface area contributed by atoms with E-state index in [9.17, 15) is 9.59 Å². The van der Waals surface area contributed by atoms with Gasteiger partial charge in [-0.1, -0.05) is 17.7 Å². The Morgan fingerprint density at radius 2 is 1.95 bits per heavy atom. The van der Waals surface area contributed by atoms with Crippen molar-refractivity contribution in [3.8, 4) is 5.75 Å². The maximum Gasteiger partial charge on any atom is 0.260 e. The summed E-state index contributed by atoms with van der Waals surface area (Å²) < 4.78 is 5.33. The Morgan fingerprint density at radius 3 is 2.59 bits per heavy atom. The van der Waals surface area contributed by atoms with Crippen molar-refractivity contribution in [1.82, 2.24) is 10.3 Å². The number of nitrogens with one attached hydrogen (secondary N) is 2. The Labute approximate surface area is 129 Å². The summed E-state index contributed by atoms with van der Waals surface area (Å²) in [6.07, 6.45) is 0. The summed E-state index contributed by atoms with van der Waals surface area (Å²) >= 11 is 0. The molecule has 0 spiro atoms. The van der Waals surface area contributed by atoms with Gasteiger partial charge in [-0.15, -0.1) is 0 Å². The Balaban J connectivity index is 2.25. The van der Waals surface area contributed by atoms with Gasteiger partial charge < -0.3 is 15.0 Å². The van der Waals surface area contributed by atoms with E-state index in [-0.39, 0.29) is 17.2 Å². The van der Waals surface area contributed by atoms with E-state index in [1.54, 1.807) is 20.1 Å². The van der Waals surface area contributed by atoms with Gasteiger partial charge in [0.2, 0.25) is 0 Å². The molecule has 2 N–H and O–H groups in total. The highest BCUT2D eigenvalue weighted by Gasteiger charge is 2.17. The van der Waals surface area contributed by atoms with Crippen LogP contribution in [-0.4, -0.2) is 18.0 Å². The van der Waals surface area contributed by atoms with E-state index in [0.717, 1.165) is 16.8 Å². The zero-order valence-corrected chi connectivity index (χ0v) is 13.2. The van der Waals surface area contributed by atoms with Gasteiger partial charge in [-0.2, -0.15) is 0 Å². The van der Waals surface area contributed by atoms with Gasteiger partial charge in [0.15, 0.2) is 0 Å². The van der Waals surface area contributed by atoms with E-state index in [0.29, 0.717) is 5.75 Å². The van der Waals surface area contributed by atoms with E-state index in [1.165, 1.54) is 6.07 Å². The number of amides is 1. The van der Waals surface area contributed by atoms with Gasteiger partial charge in [0.1, 0.15) is 11.3 Å². The van der Waals surface area contributed by atoms with Crippen molar-refractivity contribution < 1.29 is 9.53 Å². The van der Waals surface area contributed by atoms with Gasteiger partial charge >= 0.3 is 0 Å². The second kappa shape index (κ2) is 6.47. The van der Waals surface area contributed by atoms with Gasteiger partial charge in [-0.3, -0.25) is 9.59 Å². The molecule has 0 saturated heterocycles. The zero-order chi connectivity index (χ0) is 16.3. The standard InChI is InChI=1S/C17H20N2O3/c1-10-5-8-15(22-4)14(9-10)12(3)19-17(21)13-7-6-11(2)18-16(13)20/h5-9,12H,1-4H3,(H,18,20)(H,19,21)/t12-/m1/s1. The third kappa shape index (κ3) is 3.36. The lowest BCUT2D eigenvalue weighted by molar-refractivity contribution is 0.0938. The van der Waals surface area contributed by atoms with Crippen LogP contribution in [0.25, 0.3) is 0 Å². The van der Waals surface area contributed by atoms with E-state index in [2.05, 4.69) is 10.3 Å². The fraction of sp³-hybridized carbons (Fsp3) is 0.294. The molecular weight excluding hydrogens is 280 g/mol. The van der Waals surface area contributed by atoms with E-state index in [1.807, 2.05) is 32.0 Å². The minimum absolute atomic E-state index is 0.101. The molecule has 0 aliphatic heterocycles. The van der Waals surface area contributed by atoms with Crippen LogP contribution in [0, 0.1) is 13.8 Å². The summed E-state index contributed by atoms with van der Waals surface area (Å²) in [6.45, 7) is 5.60. The second-order valence-corrected chi connectivity index (χ2v) is 5.32. The van der Waals surface area contributed by atoms with E-state index >= 15 is 0 Å². The number of methoxy groups -OCH3 is 1. The minimum Gasteiger partial charge on any atom is -0.496 e. The normalized spacial score (nSPS) is 11.8. The van der Waals surface area contributed by atoms with Gasteiger partial charge in [0, 0.05) is 11.3 Å². The lowest BCUT2D eigenvalue weighted by Crippen LogP contribution is -2.31. The number of ether oxygens (including phenoxy) is 1. The first-order valence-electron chi connectivity index (χ1n) is 7.07. The first kappa shape index (κ1) is 15.8. The summed E-state index contributed by atoms with van der Waals surface area (Å²) in [7, 11) is 1.59. The maximum atomic E-state index is 12.3. The molecule has 0 aliphatic rings. The van der Waals surface area contributed by atoms with Crippen molar-refractivity contribution >= 4 is 5.91 Å². The summed E-state index contributed by atoms with van der Waals surface area (Å²) in [5.74, 6) is 0.300. The monoisotopic (exact) mass is 300 g/mol.